The summed E-state index contributed by atoms with van der Waals surface area (Å²) in [7, 11) is 1.71. The maximum Gasteiger partial charge on any atom is 0.273 e. The lowest BCUT2D eigenvalue weighted by molar-refractivity contribution is 0.318. The Bertz CT molecular complexity index is 632. The molecule has 4 heteroatoms. The smallest absolute Gasteiger partial charge is 0.273 e. The van der Waals surface area contributed by atoms with Crippen LogP contribution < -0.4 is 16.0 Å². The summed E-state index contributed by atoms with van der Waals surface area (Å²) in [5, 5.41) is 0. The molecule has 1 aromatic carbocycles. The number of nitrogen functional groups attached to an aromatic ring is 1. The number of hydrogen-bond donors (Lipinski definition) is 1. The fourth-order valence-electron chi connectivity index (χ4n) is 1.94. The summed E-state index contributed by atoms with van der Waals surface area (Å²) < 4.78 is 7.26. The number of hydrogen-bond acceptors (Lipinski definition) is 3. The monoisotopic (exact) mass is 258 g/mol. The minimum absolute atomic E-state index is 0.192. The molecule has 1 aromatic heterocycles. The Hall–Kier alpha value is -2.23. The molecule has 0 spiro atoms. The predicted octanol–water partition coefficient (Wildman–Crippen LogP) is 2.42. The average Bonchev–Trinajstić information content (AvgIpc) is 2.43. The molecule has 0 fully saturated rings. The van der Waals surface area contributed by atoms with E-state index >= 15 is 0 Å². The summed E-state index contributed by atoms with van der Waals surface area (Å²) in [4.78, 5) is 11.9. The molecule has 0 aliphatic carbocycles. The molecule has 2 aromatic rings. The van der Waals surface area contributed by atoms with Crippen LogP contribution in [0.1, 0.15) is 13.3 Å². The van der Waals surface area contributed by atoms with Gasteiger partial charge in [0, 0.05) is 12.6 Å². The zero-order valence-electron chi connectivity index (χ0n) is 11.2. The second-order valence-electron chi connectivity index (χ2n) is 4.38. The number of nitrogens with zero attached hydrogens (tertiary/aromatic N) is 1. The molecule has 100 valence electrons. The predicted molar refractivity (Wildman–Crippen MR) is 77.3 cm³/mol. The molecular weight excluding hydrogens is 240 g/mol. The van der Waals surface area contributed by atoms with Crippen molar-refractivity contribution in [3.8, 4) is 17.0 Å². The molecule has 2 rings (SSSR count). The third-order valence-electron chi connectivity index (χ3n) is 2.96. The fraction of sp³-hybridized carbons (Fsp3) is 0.267. The number of anilines is 1. The van der Waals surface area contributed by atoms with Gasteiger partial charge in [-0.1, -0.05) is 19.1 Å². The zero-order chi connectivity index (χ0) is 13.8. The molecule has 19 heavy (non-hydrogen) atoms. The summed E-state index contributed by atoms with van der Waals surface area (Å²) in [5.41, 5.74) is 7.37. The number of nitrogens with two attached hydrogens (primary N) is 1. The maximum atomic E-state index is 11.9. The average molecular weight is 258 g/mol. The molecule has 4 nitrogen and oxygen atoms in total. The van der Waals surface area contributed by atoms with E-state index in [0.29, 0.717) is 6.61 Å². The summed E-state index contributed by atoms with van der Waals surface area (Å²) in [5.74, 6) is 0.782. The van der Waals surface area contributed by atoms with E-state index in [0.717, 1.165) is 23.4 Å². The SMILES string of the molecule is CCCOc1ccccc1-c1ccc(N)c(=O)n1C. The second kappa shape index (κ2) is 5.61. The Morgan fingerprint density at radius 2 is 1.95 bits per heavy atom. The Labute approximate surface area is 112 Å². The third-order valence-corrected chi connectivity index (χ3v) is 2.96. The van der Waals surface area contributed by atoms with Gasteiger partial charge in [-0.15, -0.1) is 0 Å². The molecule has 0 aliphatic rings. The number of aromatic nitrogens is 1. The lowest BCUT2D eigenvalue weighted by atomic mass is 10.1. The van der Waals surface area contributed by atoms with Crippen LogP contribution in [-0.2, 0) is 7.05 Å². The number of rotatable bonds is 4. The number of para-hydroxylation sites is 1. The van der Waals surface area contributed by atoms with E-state index < -0.39 is 0 Å². The number of ether oxygens (including phenoxy) is 1. The molecular formula is C15H18N2O2. The number of pyridine rings is 1. The Kier molecular flexibility index (Phi) is 3.90. The Morgan fingerprint density at radius 1 is 1.21 bits per heavy atom. The Morgan fingerprint density at radius 3 is 2.68 bits per heavy atom. The van der Waals surface area contributed by atoms with E-state index in [2.05, 4.69) is 6.92 Å². The highest BCUT2D eigenvalue weighted by Gasteiger charge is 2.10. The quantitative estimate of drug-likeness (QED) is 0.916. The molecule has 0 saturated carbocycles. The van der Waals surface area contributed by atoms with Gasteiger partial charge < -0.3 is 15.0 Å². The van der Waals surface area contributed by atoms with Crippen molar-refractivity contribution >= 4 is 5.69 Å². The minimum Gasteiger partial charge on any atom is -0.493 e. The summed E-state index contributed by atoms with van der Waals surface area (Å²) in [6, 6.07) is 11.2. The van der Waals surface area contributed by atoms with Crippen LogP contribution >= 0.6 is 0 Å². The van der Waals surface area contributed by atoms with Gasteiger partial charge in [0.15, 0.2) is 0 Å². The van der Waals surface area contributed by atoms with E-state index in [4.69, 9.17) is 10.5 Å². The van der Waals surface area contributed by atoms with Crippen molar-refractivity contribution < 1.29 is 4.74 Å². The molecule has 0 aliphatic heterocycles. The highest BCUT2D eigenvalue weighted by molar-refractivity contribution is 5.68. The summed E-state index contributed by atoms with van der Waals surface area (Å²) in [6.45, 7) is 2.71. The van der Waals surface area contributed by atoms with Gasteiger partial charge in [-0.2, -0.15) is 0 Å². The van der Waals surface area contributed by atoms with Gasteiger partial charge in [0.1, 0.15) is 5.75 Å². The van der Waals surface area contributed by atoms with Gasteiger partial charge in [-0.25, -0.2) is 0 Å². The van der Waals surface area contributed by atoms with Crippen LogP contribution in [0.2, 0.25) is 0 Å². The van der Waals surface area contributed by atoms with E-state index in [1.54, 1.807) is 17.7 Å². The first-order chi connectivity index (χ1) is 9.15. The van der Waals surface area contributed by atoms with E-state index in [-0.39, 0.29) is 11.2 Å². The topological polar surface area (TPSA) is 57.2 Å². The highest BCUT2D eigenvalue weighted by atomic mass is 16.5. The lowest BCUT2D eigenvalue weighted by Gasteiger charge is -2.14. The van der Waals surface area contributed by atoms with Gasteiger partial charge >= 0.3 is 0 Å². The van der Waals surface area contributed by atoms with Crippen molar-refractivity contribution in [1.29, 1.82) is 0 Å². The largest absolute Gasteiger partial charge is 0.493 e. The van der Waals surface area contributed by atoms with Crippen molar-refractivity contribution in [3.63, 3.8) is 0 Å². The second-order valence-corrected chi connectivity index (χ2v) is 4.38. The molecule has 1 heterocycles. The lowest BCUT2D eigenvalue weighted by Crippen LogP contribution is -2.21. The van der Waals surface area contributed by atoms with Crippen LogP contribution in [0.25, 0.3) is 11.3 Å². The summed E-state index contributed by atoms with van der Waals surface area (Å²) in [6.07, 6.45) is 0.939. The van der Waals surface area contributed by atoms with Crippen molar-refractivity contribution in [3.05, 3.63) is 46.8 Å². The molecule has 0 radical (unpaired) electrons. The van der Waals surface area contributed by atoms with Gasteiger partial charge in [0.2, 0.25) is 0 Å². The normalized spacial score (nSPS) is 10.4. The maximum absolute atomic E-state index is 11.9. The van der Waals surface area contributed by atoms with Gasteiger partial charge in [-0.05, 0) is 30.7 Å². The standard InChI is InChI=1S/C15H18N2O2/c1-3-10-19-14-7-5-4-6-11(14)13-9-8-12(16)15(18)17(13)2/h4-9H,3,10,16H2,1-2H3. The first-order valence-electron chi connectivity index (χ1n) is 6.33. The van der Waals surface area contributed by atoms with Crippen molar-refractivity contribution in [2.45, 2.75) is 13.3 Å². The van der Waals surface area contributed by atoms with E-state index in [1.165, 1.54) is 0 Å². The van der Waals surface area contributed by atoms with Crippen LogP contribution in [0.15, 0.2) is 41.2 Å². The Balaban J connectivity index is 2.53. The molecule has 0 saturated heterocycles. The highest BCUT2D eigenvalue weighted by Crippen LogP contribution is 2.29. The van der Waals surface area contributed by atoms with Crippen molar-refractivity contribution in [1.82, 2.24) is 4.57 Å². The summed E-state index contributed by atoms with van der Waals surface area (Å²) >= 11 is 0. The molecule has 0 bridgehead atoms. The molecule has 0 amide bonds. The molecule has 2 N–H and O–H groups in total. The first-order valence-corrected chi connectivity index (χ1v) is 6.33. The van der Waals surface area contributed by atoms with Crippen molar-refractivity contribution in [2.75, 3.05) is 12.3 Å². The zero-order valence-corrected chi connectivity index (χ0v) is 11.2. The molecule has 0 unspecified atom stereocenters. The van der Waals surface area contributed by atoms with Gasteiger partial charge in [0.05, 0.1) is 18.0 Å². The van der Waals surface area contributed by atoms with Crippen LogP contribution in [0.5, 0.6) is 5.75 Å². The van der Waals surface area contributed by atoms with Gasteiger partial charge in [0.25, 0.3) is 5.56 Å². The third kappa shape index (κ3) is 2.62. The van der Waals surface area contributed by atoms with E-state index in [1.807, 2.05) is 30.3 Å². The number of benzene rings is 1. The van der Waals surface area contributed by atoms with Crippen LogP contribution in [0.3, 0.4) is 0 Å². The van der Waals surface area contributed by atoms with Crippen LogP contribution in [-0.4, -0.2) is 11.2 Å². The van der Waals surface area contributed by atoms with Gasteiger partial charge in [-0.3, -0.25) is 4.79 Å². The fourth-order valence-corrected chi connectivity index (χ4v) is 1.94. The molecule has 0 atom stereocenters. The van der Waals surface area contributed by atoms with E-state index in [9.17, 15) is 4.79 Å². The van der Waals surface area contributed by atoms with Crippen LogP contribution in [0, 0.1) is 0 Å². The van der Waals surface area contributed by atoms with Crippen molar-refractivity contribution in [2.24, 2.45) is 7.05 Å². The minimum atomic E-state index is -0.192. The first kappa shape index (κ1) is 13.2. The van der Waals surface area contributed by atoms with Crippen LogP contribution in [0.4, 0.5) is 5.69 Å².